The number of nitrogens with one attached hydrogen (secondary N) is 1. The first-order valence-electron chi connectivity index (χ1n) is 4.52. The summed E-state index contributed by atoms with van der Waals surface area (Å²) >= 11 is 0. The van der Waals surface area contributed by atoms with E-state index in [1.165, 1.54) is 7.11 Å². The molecule has 0 radical (unpaired) electrons. The molecule has 2 rings (SSSR count). The van der Waals surface area contributed by atoms with Crippen molar-refractivity contribution in [1.82, 2.24) is 5.32 Å². The largest absolute Gasteiger partial charge is 0.469 e. The van der Waals surface area contributed by atoms with Gasteiger partial charge in [0, 0.05) is 0 Å². The van der Waals surface area contributed by atoms with E-state index in [2.05, 4.69) is 12.2 Å². The van der Waals surface area contributed by atoms with Gasteiger partial charge in [0.15, 0.2) is 0 Å². The number of methoxy groups -OCH3 is 1. The lowest BCUT2D eigenvalue weighted by molar-refractivity contribution is -0.148. The van der Waals surface area contributed by atoms with Crippen LogP contribution in [0.1, 0.15) is 13.3 Å². The Morgan fingerprint density at radius 2 is 2.42 bits per heavy atom. The van der Waals surface area contributed by atoms with Gasteiger partial charge in [-0.05, 0) is 31.3 Å². The molecule has 12 heavy (non-hydrogen) atoms. The molecule has 1 aliphatic carbocycles. The number of piperidine rings is 1. The summed E-state index contributed by atoms with van der Waals surface area (Å²) in [5, 5.41) is 3.30. The van der Waals surface area contributed by atoms with Crippen LogP contribution in [0.25, 0.3) is 0 Å². The number of hydrogen-bond acceptors (Lipinski definition) is 3. The molecule has 3 atom stereocenters. The molecule has 1 saturated carbocycles. The monoisotopic (exact) mass is 169 g/mol. The Hall–Kier alpha value is -0.570. The molecular formula is C9H15NO2. The summed E-state index contributed by atoms with van der Waals surface area (Å²) in [6.07, 6.45) is 0.950. The van der Waals surface area contributed by atoms with Gasteiger partial charge in [-0.3, -0.25) is 4.79 Å². The average molecular weight is 169 g/mol. The minimum absolute atomic E-state index is 0.00139. The molecule has 2 aliphatic rings. The van der Waals surface area contributed by atoms with E-state index in [9.17, 15) is 4.79 Å². The first kappa shape index (κ1) is 8.05. The van der Waals surface area contributed by atoms with Gasteiger partial charge in [0.25, 0.3) is 0 Å². The summed E-state index contributed by atoms with van der Waals surface area (Å²) in [5.41, 5.74) is -0.111. The molecule has 0 aromatic rings. The quantitative estimate of drug-likeness (QED) is 0.578. The first-order valence-corrected chi connectivity index (χ1v) is 4.52. The minimum atomic E-state index is -0.111. The summed E-state index contributed by atoms with van der Waals surface area (Å²) in [5.74, 6) is 1.04. The fourth-order valence-electron chi connectivity index (χ4n) is 2.68. The number of hydrogen-bond donors (Lipinski definition) is 1. The van der Waals surface area contributed by atoms with Gasteiger partial charge >= 0.3 is 5.97 Å². The number of carbonyl (C=O) groups is 1. The number of fused-ring (bicyclic) bond motifs is 1. The molecule has 2 fully saturated rings. The van der Waals surface area contributed by atoms with E-state index in [1.807, 2.05) is 0 Å². The number of carbonyl (C=O) groups excluding carboxylic acids is 1. The van der Waals surface area contributed by atoms with Crippen LogP contribution in [0.15, 0.2) is 0 Å². The van der Waals surface area contributed by atoms with Crippen LogP contribution in [-0.2, 0) is 9.53 Å². The smallest absolute Gasteiger partial charge is 0.312 e. The van der Waals surface area contributed by atoms with Crippen LogP contribution in [0, 0.1) is 17.3 Å². The van der Waals surface area contributed by atoms with Crippen molar-refractivity contribution in [3.05, 3.63) is 0 Å². The van der Waals surface area contributed by atoms with Gasteiger partial charge in [-0.15, -0.1) is 0 Å². The normalized spacial score (nSPS) is 44.8. The molecule has 0 unspecified atom stereocenters. The molecule has 1 aliphatic heterocycles. The Kier molecular flexibility index (Phi) is 1.65. The van der Waals surface area contributed by atoms with Crippen molar-refractivity contribution in [1.29, 1.82) is 0 Å². The summed E-state index contributed by atoms with van der Waals surface area (Å²) in [6, 6.07) is 0. The predicted molar refractivity (Wildman–Crippen MR) is 44.6 cm³/mol. The fraction of sp³-hybridized carbons (Fsp3) is 0.889. The molecule has 0 spiro atoms. The number of ether oxygens (including phenoxy) is 1. The van der Waals surface area contributed by atoms with E-state index in [1.54, 1.807) is 0 Å². The Morgan fingerprint density at radius 3 is 3.00 bits per heavy atom. The molecule has 0 bridgehead atoms. The van der Waals surface area contributed by atoms with Crippen LogP contribution in [0.2, 0.25) is 0 Å². The third-order valence-corrected chi connectivity index (χ3v) is 3.61. The Labute approximate surface area is 72.5 Å². The summed E-state index contributed by atoms with van der Waals surface area (Å²) in [7, 11) is 1.49. The highest BCUT2D eigenvalue weighted by molar-refractivity contribution is 5.81. The van der Waals surface area contributed by atoms with Gasteiger partial charge in [0.1, 0.15) is 0 Å². The van der Waals surface area contributed by atoms with Gasteiger partial charge < -0.3 is 10.1 Å². The number of esters is 1. The highest BCUT2D eigenvalue weighted by Gasteiger charge is 2.68. The van der Waals surface area contributed by atoms with Crippen molar-refractivity contribution in [2.75, 3.05) is 20.2 Å². The molecule has 68 valence electrons. The molecule has 3 heteroatoms. The average Bonchev–Trinajstić information content (AvgIpc) is 2.73. The summed E-state index contributed by atoms with van der Waals surface area (Å²) in [6.45, 7) is 4.08. The lowest BCUT2D eigenvalue weighted by atomic mass is 9.95. The molecule has 3 nitrogen and oxygen atoms in total. The van der Waals surface area contributed by atoms with E-state index >= 15 is 0 Å². The van der Waals surface area contributed by atoms with Crippen molar-refractivity contribution >= 4 is 5.97 Å². The van der Waals surface area contributed by atoms with Crippen LogP contribution in [0.4, 0.5) is 0 Å². The third kappa shape index (κ3) is 0.774. The van der Waals surface area contributed by atoms with E-state index in [0.29, 0.717) is 11.8 Å². The fourth-order valence-corrected chi connectivity index (χ4v) is 2.68. The predicted octanol–water partition coefficient (Wildman–Crippen LogP) is 0.405. The summed E-state index contributed by atoms with van der Waals surface area (Å²) < 4.78 is 4.84. The molecule has 1 saturated heterocycles. The zero-order valence-corrected chi connectivity index (χ0v) is 7.59. The second kappa shape index (κ2) is 2.46. The third-order valence-electron chi connectivity index (χ3n) is 3.61. The second-order valence-corrected chi connectivity index (χ2v) is 3.88. The standard InChI is InChI=1S/C9H15NO2/c1-6-7-5-10-4-3-9(6,7)8(11)12-2/h6-7,10H,3-5H2,1-2H3/t6-,7+,9+/m1/s1. The summed E-state index contributed by atoms with van der Waals surface area (Å²) in [4.78, 5) is 11.5. The molecular weight excluding hydrogens is 154 g/mol. The van der Waals surface area contributed by atoms with Crippen LogP contribution in [0.3, 0.4) is 0 Å². The first-order chi connectivity index (χ1) is 5.73. The van der Waals surface area contributed by atoms with Gasteiger partial charge in [-0.2, -0.15) is 0 Å². The zero-order chi connectivity index (χ0) is 8.77. The molecule has 1 N–H and O–H groups in total. The molecule has 0 amide bonds. The van der Waals surface area contributed by atoms with E-state index in [4.69, 9.17) is 4.74 Å². The highest BCUT2D eigenvalue weighted by Crippen LogP contribution is 2.62. The Morgan fingerprint density at radius 1 is 1.67 bits per heavy atom. The van der Waals surface area contributed by atoms with E-state index < -0.39 is 0 Å². The van der Waals surface area contributed by atoms with Crippen molar-refractivity contribution in [3.63, 3.8) is 0 Å². The molecule has 1 heterocycles. The maximum Gasteiger partial charge on any atom is 0.312 e. The maximum atomic E-state index is 11.5. The zero-order valence-electron chi connectivity index (χ0n) is 7.59. The maximum absolute atomic E-state index is 11.5. The second-order valence-electron chi connectivity index (χ2n) is 3.88. The van der Waals surface area contributed by atoms with Gasteiger partial charge in [-0.1, -0.05) is 6.92 Å². The lowest BCUT2D eigenvalue weighted by Crippen LogP contribution is -2.34. The van der Waals surface area contributed by atoms with Crippen molar-refractivity contribution in [2.45, 2.75) is 13.3 Å². The van der Waals surface area contributed by atoms with Gasteiger partial charge in [-0.25, -0.2) is 0 Å². The molecule has 0 aromatic heterocycles. The van der Waals surface area contributed by atoms with Crippen molar-refractivity contribution in [3.8, 4) is 0 Å². The van der Waals surface area contributed by atoms with E-state index in [0.717, 1.165) is 19.5 Å². The van der Waals surface area contributed by atoms with Crippen LogP contribution in [-0.4, -0.2) is 26.2 Å². The highest BCUT2D eigenvalue weighted by atomic mass is 16.5. The minimum Gasteiger partial charge on any atom is -0.469 e. The Balaban J connectivity index is 2.15. The topological polar surface area (TPSA) is 38.3 Å². The van der Waals surface area contributed by atoms with Crippen LogP contribution < -0.4 is 5.32 Å². The van der Waals surface area contributed by atoms with Crippen LogP contribution >= 0.6 is 0 Å². The number of rotatable bonds is 1. The van der Waals surface area contributed by atoms with Gasteiger partial charge in [0.05, 0.1) is 12.5 Å². The molecule has 0 aromatic carbocycles. The van der Waals surface area contributed by atoms with Crippen molar-refractivity contribution in [2.24, 2.45) is 17.3 Å². The SMILES string of the molecule is COC(=O)[C@]12CCNC[C@H]1[C@H]2C. The van der Waals surface area contributed by atoms with Crippen molar-refractivity contribution < 1.29 is 9.53 Å². The van der Waals surface area contributed by atoms with Gasteiger partial charge in [0.2, 0.25) is 0 Å². The van der Waals surface area contributed by atoms with E-state index in [-0.39, 0.29) is 11.4 Å². The Bertz CT molecular complexity index is 217. The van der Waals surface area contributed by atoms with Crippen LogP contribution in [0.5, 0.6) is 0 Å². The lowest BCUT2D eigenvalue weighted by Gasteiger charge is -2.20.